The van der Waals surface area contributed by atoms with E-state index in [0.29, 0.717) is 27.6 Å². The zero-order valence-corrected chi connectivity index (χ0v) is 14.7. The van der Waals surface area contributed by atoms with E-state index in [9.17, 15) is 4.79 Å². The van der Waals surface area contributed by atoms with Crippen molar-refractivity contribution in [3.8, 4) is 10.4 Å². The SMILES string of the molecule is O=c1[nH]c(CNc2ccccc2)nc2cc(-c3ccc(Cl)cc3)sc12. The van der Waals surface area contributed by atoms with Gasteiger partial charge in [-0.3, -0.25) is 4.79 Å². The maximum Gasteiger partial charge on any atom is 0.268 e. The van der Waals surface area contributed by atoms with Gasteiger partial charge in [0, 0.05) is 15.6 Å². The Morgan fingerprint density at radius 1 is 1.08 bits per heavy atom. The fourth-order valence-corrected chi connectivity index (χ4v) is 3.69. The lowest BCUT2D eigenvalue weighted by Crippen LogP contribution is -2.13. The first kappa shape index (κ1) is 15.9. The minimum Gasteiger partial charge on any atom is -0.378 e. The van der Waals surface area contributed by atoms with Crippen molar-refractivity contribution in [1.82, 2.24) is 9.97 Å². The highest BCUT2D eigenvalue weighted by atomic mass is 35.5. The van der Waals surface area contributed by atoms with Crippen LogP contribution in [0.4, 0.5) is 5.69 Å². The summed E-state index contributed by atoms with van der Waals surface area (Å²) in [7, 11) is 0. The summed E-state index contributed by atoms with van der Waals surface area (Å²) in [5.41, 5.74) is 2.61. The molecule has 6 heteroatoms. The lowest BCUT2D eigenvalue weighted by Gasteiger charge is -2.05. The molecule has 2 N–H and O–H groups in total. The van der Waals surface area contributed by atoms with Crippen LogP contribution in [0.2, 0.25) is 5.02 Å². The van der Waals surface area contributed by atoms with Gasteiger partial charge in [-0.2, -0.15) is 0 Å². The van der Waals surface area contributed by atoms with Crippen LogP contribution in [-0.2, 0) is 6.54 Å². The molecule has 0 spiro atoms. The number of nitrogens with one attached hydrogen (secondary N) is 2. The summed E-state index contributed by atoms with van der Waals surface area (Å²) in [6.07, 6.45) is 0. The van der Waals surface area contributed by atoms with E-state index in [-0.39, 0.29) is 5.56 Å². The quantitative estimate of drug-likeness (QED) is 0.538. The van der Waals surface area contributed by atoms with Crippen molar-refractivity contribution in [3.63, 3.8) is 0 Å². The van der Waals surface area contributed by atoms with Crippen LogP contribution in [0, 0.1) is 0 Å². The molecule has 4 aromatic rings. The molecule has 0 bridgehead atoms. The van der Waals surface area contributed by atoms with Crippen LogP contribution in [0.3, 0.4) is 0 Å². The highest BCUT2D eigenvalue weighted by molar-refractivity contribution is 7.22. The summed E-state index contributed by atoms with van der Waals surface area (Å²) < 4.78 is 0.633. The van der Waals surface area contributed by atoms with Crippen LogP contribution in [0.15, 0.2) is 65.5 Å². The number of rotatable bonds is 4. The van der Waals surface area contributed by atoms with Gasteiger partial charge in [-0.1, -0.05) is 41.9 Å². The van der Waals surface area contributed by atoms with Crippen LogP contribution in [0.1, 0.15) is 5.82 Å². The van der Waals surface area contributed by atoms with Gasteiger partial charge in [0.25, 0.3) is 5.56 Å². The molecule has 124 valence electrons. The van der Waals surface area contributed by atoms with Gasteiger partial charge < -0.3 is 10.3 Å². The van der Waals surface area contributed by atoms with E-state index in [2.05, 4.69) is 15.3 Å². The van der Waals surface area contributed by atoms with Gasteiger partial charge in [-0.15, -0.1) is 11.3 Å². The number of hydrogen-bond acceptors (Lipinski definition) is 4. The van der Waals surface area contributed by atoms with E-state index >= 15 is 0 Å². The number of fused-ring (bicyclic) bond motifs is 1. The molecule has 0 radical (unpaired) electrons. The molecular weight excluding hydrogens is 354 g/mol. The Labute approximate surface area is 153 Å². The van der Waals surface area contributed by atoms with Gasteiger partial charge in [0.05, 0.1) is 12.1 Å². The number of aromatic amines is 1. The van der Waals surface area contributed by atoms with Crippen LogP contribution in [0.25, 0.3) is 20.7 Å². The van der Waals surface area contributed by atoms with E-state index in [1.54, 1.807) is 0 Å². The Kier molecular flexibility index (Phi) is 4.26. The Balaban J connectivity index is 1.65. The summed E-state index contributed by atoms with van der Waals surface area (Å²) >= 11 is 7.37. The lowest BCUT2D eigenvalue weighted by molar-refractivity contribution is 0.956. The van der Waals surface area contributed by atoms with Gasteiger partial charge in [-0.25, -0.2) is 4.98 Å². The average Bonchev–Trinajstić information content (AvgIpc) is 3.06. The molecule has 2 aromatic heterocycles. The second-order valence-corrected chi connectivity index (χ2v) is 7.05. The van der Waals surface area contributed by atoms with Gasteiger partial charge >= 0.3 is 0 Å². The van der Waals surface area contributed by atoms with Gasteiger partial charge in [0.15, 0.2) is 0 Å². The van der Waals surface area contributed by atoms with Crippen molar-refractivity contribution in [2.45, 2.75) is 6.54 Å². The van der Waals surface area contributed by atoms with E-state index < -0.39 is 0 Å². The summed E-state index contributed by atoms with van der Waals surface area (Å²) in [6.45, 7) is 0.460. The Morgan fingerprint density at radius 2 is 1.84 bits per heavy atom. The standard InChI is InChI=1S/C19H14ClN3OS/c20-13-8-6-12(7-9-13)16-10-15-18(25-16)19(24)23-17(22-15)11-21-14-4-2-1-3-5-14/h1-10,21H,11H2,(H,22,23,24). The molecule has 4 nitrogen and oxygen atoms in total. The minimum atomic E-state index is -0.111. The zero-order valence-electron chi connectivity index (χ0n) is 13.1. The van der Waals surface area contributed by atoms with Crippen molar-refractivity contribution in [2.24, 2.45) is 0 Å². The topological polar surface area (TPSA) is 57.8 Å². The van der Waals surface area contributed by atoms with Crippen molar-refractivity contribution >= 4 is 38.8 Å². The second-order valence-electron chi connectivity index (χ2n) is 5.56. The summed E-state index contributed by atoms with van der Waals surface area (Å²) in [6, 6.07) is 19.3. The number of hydrogen-bond donors (Lipinski definition) is 2. The first-order valence-corrected chi connectivity index (χ1v) is 8.96. The minimum absolute atomic E-state index is 0.111. The third-order valence-corrected chi connectivity index (χ3v) is 5.22. The molecule has 0 saturated heterocycles. The Hall–Kier alpha value is -2.63. The highest BCUT2D eigenvalue weighted by Gasteiger charge is 2.10. The summed E-state index contributed by atoms with van der Waals surface area (Å²) in [5, 5.41) is 3.94. The fourth-order valence-electron chi connectivity index (χ4n) is 2.57. The van der Waals surface area contributed by atoms with E-state index in [1.807, 2.05) is 60.7 Å². The third kappa shape index (κ3) is 3.43. The van der Waals surface area contributed by atoms with Crippen LogP contribution >= 0.6 is 22.9 Å². The maximum absolute atomic E-state index is 12.4. The number of halogens is 1. The molecule has 0 aliphatic heterocycles. The molecule has 0 fully saturated rings. The molecule has 25 heavy (non-hydrogen) atoms. The molecule has 0 aliphatic rings. The number of thiophene rings is 1. The summed E-state index contributed by atoms with van der Waals surface area (Å²) in [5.74, 6) is 0.613. The number of para-hydroxylation sites is 1. The Morgan fingerprint density at radius 3 is 2.60 bits per heavy atom. The smallest absolute Gasteiger partial charge is 0.268 e. The largest absolute Gasteiger partial charge is 0.378 e. The van der Waals surface area contributed by atoms with Crippen LogP contribution < -0.4 is 10.9 Å². The molecule has 0 amide bonds. The van der Waals surface area contributed by atoms with Crippen LogP contribution in [-0.4, -0.2) is 9.97 Å². The zero-order chi connectivity index (χ0) is 17.2. The van der Waals surface area contributed by atoms with Gasteiger partial charge in [0.1, 0.15) is 10.5 Å². The van der Waals surface area contributed by atoms with Crippen molar-refractivity contribution in [3.05, 3.63) is 81.9 Å². The molecule has 4 rings (SSSR count). The number of nitrogens with zero attached hydrogens (tertiary/aromatic N) is 1. The fraction of sp³-hybridized carbons (Fsp3) is 0.0526. The first-order valence-electron chi connectivity index (χ1n) is 7.77. The molecule has 2 heterocycles. The predicted octanol–water partition coefficient (Wildman–Crippen LogP) is 4.92. The van der Waals surface area contributed by atoms with Crippen molar-refractivity contribution < 1.29 is 0 Å². The molecule has 0 unspecified atom stereocenters. The number of anilines is 1. The van der Waals surface area contributed by atoms with Gasteiger partial charge in [-0.05, 0) is 35.9 Å². The average molecular weight is 368 g/mol. The number of H-pyrrole nitrogens is 1. The molecule has 0 aliphatic carbocycles. The number of benzene rings is 2. The van der Waals surface area contributed by atoms with Crippen molar-refractivity contribution in [1.29, 1.82) is 0 Å². The highest BCUT2D eigenvalue weighted by Crippen LogP contribution is 2.31. The lowest BCUT2D eigenvalue weighted by atomic mass is 10.2. The van der Waals surface area contributed by atoms with E-state index in [1.165, 1.54) is 11.3 Å². The molecule has 0 saturated carbocycles. The summed E-state index contributed by atoms with van der Waals surface area (Å²) in [4.78, 5) is 20.8. The molecular formula is C19H14ClN3OS. The van der Waals surface area contributed by atoms with Crippen LogP contribution in [0.5, 0.6) is 0 Å². The molecule has 0 atom stereocenters. The van der Waals surface area contributed by atoms with Gasteiger partial charge in [0.2, 0.25) is 0 Å². The monoisotopic (exact) mass is 367 g/mol. The predicted molar refractivity (Wildman–Crippen MR) is 104 cm³/mol. The third-order valence-electron chi connectivity index (χ3n) is 3.79. The molecule has 2 aromatic carbocycles. The van der Waals surface area contributed by atoms with E-state index in [4.69, 9.17) is 11.6 Å². The van der Waals surface area contributed by atoms with Crippen molar-refractivity contribution in [2.75, 3.05) is 5.32 Å². The maximum atomic E-state index is 12.4. The van der Waals surface area contributed by atoms with E-state index in [0.717, 1.165) is 16.1 Å². The number of aromatic nitrogens is 2. The Bertz CT molecular complexity index is 1070. The second kappa shape index (κ2) is 6.70. The first-order chi connectivity index (χ1) is 12.2. The normalized spacial score (nSPS) is 10.9.